The van der Waals surface area contributed by atoms with Crippen molar-refractivity contribution in [3.8, 4) is 0 Å². The third kappa shape index (κ3) is 2.97. The zero-order valence-corrected chi connectivity index (χ0v) is 12.0. The van der Waals surface area contributed by atoms with Crippen LogP contribution in [0, 0.1) is 24.7 Å². The molecule has 0 bridgehead atoms. The maximum atomic E-state index is 12.4. The predicted octanol–water partition coefficient (Wildman–Crippen LogP) is 0.818. The van der Waals surface area contributed by atoms with Crippen LogP contribution in [-0.4, -0.2) is 44.1 Å². The molecular weight excluding hydrogens is 260 g/mol. The highest BCUT2D eigenvalue weighted by atomic mass is 16.4. The van der Waals surface area contributed by atoms with Crippen LogP contribution in [0.1, 0.15) is 31.4 Å². The molecule has 1 aromatic heterocycles. The first kappa shape index (κ1) is 14.5. The Hall–Kier alpha value is -1.92. The molecule has 1 aliphatic carbocycles. The number of aromatic amines is 1. The molecule has 0 aliphatic heterocycles. The van der Waals surface area contributed by atoms with E-state index in [1.54, 1.807) is 14.0 Å². The number of carbonyl (C=O) groups excluding carboxylic acids is 1. The number of carbonyl (C=O) groups is 2. The van der Waals surface area contributed by atoms with Gasteiger partial charge in [0, 0.05) is 7.05 Å². The van der Waals surface area contributed by atoms with Gasteiger partial charge in [0.15, 0.2) is 5.82 Å². The first-order valence-corrected chi connectivity index (χ1v) is 6.74. The quantitative estimate of drug-likeness (QED) is 0.850. The molecule has 1 aromatic rings. The largest absolute Gasteiger partial charge is 0.481 e. The monoisotopic (exact) mass is 280 g/mol. The molecule has 0 radical (unpaired) electrons. The van der Waals surface area contributed by atoms with Crippen molar-refractivity contribution in [1.82, 2.24) is 20.1 Å². The van der Waals surface area contributed by atoms with Crippen LogP contribution in [-0.2, 0) is 16.1 Å². The number of hydrogen-bond donors (Lipinski definition) is 2. The molecule has 7 nitrogen and oxygen atoms in total. The van der Waals surface area contributed by atoms with E-state index in [-0.39, 0.29) is 11.8 Å². The second-order valence-corrected chi connectivity index (χ2v) is 5.66. The summed E-state index contributed by atoms with van der Waals surface area (Å²) in [6.07, 6.45) is 1.20. The van der Waals surface area contributed by atoms with Gasteiger partial charge in [0.05, 0.1) is 18.4 Å². The maximum absolute atomic E-state index is 12.4. The average molecular weight is 280 g/mol. The van der Waals surface area contributed by atoms with Crippen LogP contribution in [0.4, 0.5) is 0 Å². The van der Waals surface area contributed by atoms with E-state index in [0.717, 1.165) is 0 Å². The molecule has 7 heteroatoms. The lowest BCUT2D eigenvalue weighted by Gasteiger charge is -2.22. The van der Waals surface area contributed by atoms with Gasteiger partial charge in [-0.25, -0.2) is 4.98 Å². The van der Waals surface area contributed by atoms with Gasteiger partial charge >= 0.3 is 5.97 Å². The van der Waals surface area contributed by atoms with E-state index in [0.29, 0.717) is 31.0 Å². The summed E-state index contributed by atoms with van der Waals surface area (Å²) in [5, 5.41) is 15.9. The van der Waals surface area contributed by atoms with Gasteiger partial charge in [0.2, 0.25) is 5.91 Å². The van der Waals surface area contributed by atoms with Crippen LogP contribution >= 0.6 is 0 Å². The Morgan fingerprint density at radius 3 is 2.60 bits per heavy atom. The zero-order valence-electron chi connectivity index (χ0n) is 12.0. The summed E-state index contributed by atoms with van der Waals surface area (Å²) < 4.78 is 0. The fraction of sp³-hybridized carbons (Fsp3) is 0.692. The molecule has 0 saturated heterocycles. The third-order valence-corrected chi connectivity index (χ3v) is 3.83. The van der Waals surface area contributed by atoms with Gasteiger partial charge in [-0.1, -0.05) is 6.92 Å². The highest BCUT2D eigenvalue weighted by molar-refractivity contribution is 5.85. The number of rotatable bonds is 4. The normalized spacial score (nSPS) is 25.6. The zero-order chi connectivity index (χ0) is 14.9. The minimum Gasteiger partial charge on any atom is -0.481 e. The predicted molar refractivity (Wildman–Crippen MR) is 70.6 cm³/mol. The van der Waals surface area contributed by atoms with E-state index in [4.69, 9.17) is 0 Å². The summed E-state index contributed by atoms with van der Waals surface area (Å²) in [5.74, 6) is -0.528. The van der Waals surface area contributed by atoms with Crippen molar-refractivity contribution in [3.05, 3.63) is 11.6 Å². The number of carboxylic acids is 1. The van der Waals surface area contributed by atoms with Gasteiger partial charge in [0.1, 0.15) is 5.82 Å². The molecule has 1 heterocycles. The van der Waals surface area contributed by atoms with Gasteiger partial charge < -0.3 is 10.0 Å². The van der Waals surface area contributed by atoms with Crippen molar-refractivity contribution in [1.29, 1.82) is 0 Å². The number of nitrogens with zero attached hydrogens (tertiary/aromatic N) is 3. The molecule has 1 fully saturated rings. The molecule has 1 aliphatic rings. The highest BCUT2D eigenvalue weighted by Crippen LogP contribution is 2.37. The summed E-state index contributed by atoms with van der Waals surface area (Å²) >= 11 is 0. The van der Waals surface area contributed by atoms with E-state index >= 15 is 0 Å². The molecular formula is C13H20N4O3. The van der Waals surface area contributed by atoms with Crippen LogP contribution in [0.5, 0.6) is 0 Å². The van der Waals surface area contributed by atoms with Crippen molar-refractivity contribution in [2.75, 3.05) is 7.05 Å². The molecule has 1 amide bonds. The first-order valence-electron chi connectivity index (χ1n) is 6.74. The lowest BCUT2D eigenvalue weighted by atomic mass is 9.95. The van der Waals surface area contributed by atoms with Gasteiger partial charge in [-0.15, -0.1) is 0 Å². The molecule has 110 valence electrons. The maximum Gasteiger partial charge on any atom is 0.307 e. The summed E-state index contributed by atoms with van der Waals surface area (Å²) in [5.41, 5.74) is 0. The van der Waals surface area contributed by atoms with Gasteiger partial charge in [-0.05, 0) is 25.7 Å². The Balaban J connectivity index is 2.04. The minimum absolute atomic E-state index is 0.135. The molecule has 1 saturated carbocycles. The number of aromatic nitrogens is 3. The van der Waals surface area contributed by atoms with Gasteiger partial charge in [0.25, 0.3) is 0 Å². The van der Waals surface area contributed by atoms with Crippen molar-refractivity contribution in [3.63, 3.8) is 0 Å². The van der Waals surface area contributed by atoms with Gasteiger partial charge in [-0.3, -0.25) is 14.7 Å². The number of amides is 1. The summed E-state index contributed by atoms with van der Waals surface area (Å²) in [7, 11) is 1.66. The van der Waals surface area contributed by atoms with E-state index < -0.39 is 17.8 Å². The summed E-state index contributed by atoms with van der Waals surface area (Å²) in [4.78, 5) is 29.3. The SMILES string of the molecule is Cc1nc(CN(C)C(=O)C2CC(C)CC2C(=O)O)n[nH]1. The second kappa shape index (κ2) is 5.60. The Kier molecular flexibility index (Phi) is 4.06. The van der Waals surface area contributed by atoms with Crippen LogP contribution in [0.2, 0.25) is 0 Å². The van der Waals surface area contributed by atoms with E-state index in [9.17, 15) is 14.7 Å². The second-order valence-electron chi connectivity index (χ2n) is 5.66. The lowest BCUT2D eigenvalue weighted by Crippen LogP contribution is -2.36. The Labute approximate surface area is 117 Å². The number of nitrogens with one attached hydrogen (secondary N) is 1. The minimum atomic E-state index is -0.880. The molecule has 0 spiro atoms. The fourth-order valence-electron chi connectivity index (χ4n) is 2.87. The third-order valence-electron chi connectivity index (χ3n) is 3.83. The summed E-state index contributed by atoms with van der Waals surface area (Å²) in [6.45, 7) is 4.07. The average Bonchev–Trinajstić information content (AvgIpc) is 2.94. The molecule has 0 aromatic carbocycles. The van der Waals surface area contributed by atoms with Crippen LogP contribution in [0.25, 0.3) is 0 Å². The number of carboxylic acid groups (broad SMARTS) is 1. The number of H-pyrrole nitrogens is 1. The van der Waals surface area contributed by atoms with Crippen molar-refractivity contribution in [2.24, 2.45) is 17.8 Å². The van der Waals surface area contributed by atoms with E-state index in [2.05, 4.69) is 15.2 Å². The van der Waals surface area contributed by atoms with Crippen molar-refractivity contribution < 1.29 is 14.7 Å². The van der Waals surface area contributed by atoms with Crippen molar-refractivity contribution >= 4 is 11.9 Å². The lowest BCUT2D eigenvalue weighted by molar-refractivity contribution is -0.148. The molecule has 2 N–H and O–H groups in total. The number of aliphatic carboxylic acids is 1. The Morgan fingerprint density at radius 1 is 1.40 bits per heavy atom. The van der Waals surface area contributed by atoms with Crippen LogP contribution in [0.3, 0.4) is 0 Å². The summed E-state index contributed by atoms with van der Waals surface area (Å²) in [6, 6.07) is 0. The van der Waals surface area contributed by atoms with Crippen LogP contribution in [0.15, 0.2) is 0 Å². The Bertz CT molecular complexity index is 513. The molecule has 3 atom stereocenters. The molecule has 3 unspecified atom stereocenters. The number of aryl methyl sites for hydroxylation is 1. The first-order chi connectivity index (χ1) is 9.38. The smallest absolute Gasteiger partial charge is 0.307 e. The fourth-order valence-corrected chi connectivity index (χ4v) is 2.87. The van der Waals surface area contributed by atoms with Gasteiger partial charge in [-0.2, -0.15) is 5.10 Å². The van der Waals surface area contributed by atoms with E-state index in [1.807, 2.05) is 6.92 Å². The molecule has 20 heavy (non-hydrogen) atoms. The standard InChI is InChI=1S/C13H20N4O3/c1-7-4-9(10(5-7)13(19)20)12(18)17(3)6-11-14-8(2)15-16-11/h7,9-10H,4-6H2,1-3H3,(H,19,20)(H,14,15,16). The van der Waals surface area contributed by atoms with Crippen molar-refractivity contribution in [2.45, 2.75) is 33.2 Å². The highest BCUT2D eigenvalue weighted by Gasteiger charge is 2.42. The Morgan fingerprint density at radius 2 is 2.05 bits per heavy atom. The van der Waals surface area contributed by atoms with Crippen LogP contribution < -0.4 is 0 Å². The molecule has 2 rings (SSSR count). The van der Waals surface area contributed by atoms with E-state index in [1.165, 1.54) is 4.90 Å². The number of hydrogen-bond acceptors (Lipinski definition) is 4. The topological polar surface area (TPSA) is 99.2 Å².